The van der Waals surface area contributed by atoms with E-state index in [2.05, 4.69) is 4.99 Å². The third-order valence-electron chi connectivity index (χ3n) is 5.75. The topological polar surface area (TPSA) is 100 Å². The molecule has 1 unspecified atom stereocenters. The van der Waals surface area contributed by atoms with Crippen molar-refractivity contribution in [2.45, 2.75) is 13.0 Å². The summed E-state index contributed by atoms with van der Waals surface area (Å²) in [4.78, 5) is 43.3. The Morgan fingerprint density at radius 3 is 2.51 bits per heavy atom. The summed E-state index contributed by atoms with van der Waals surface area (Å²) < 4.78 is 31.3. The second-order valence-electron chi connectivity index (χ2n) is 8.03. The fourth-order valence-corrected chi connectivity index (χ4v) is 5.05. The van der Waals surface area contributed by atoms with Crippen molar-refractivity contribution in [2.75, 3.05) is 7.11 Å². The first-order valence-electron chi connectivity index (χ1n) is 11.1. The van der Waals surface area contributed by atoms with Crippen molar-refractivity contribution < 1.29 is 27.9 Å². The first kappa shape index (κ1) is 24.1. The number of nitrogens with zero attached hydrogens (tertiary/aromatic N) is 2. The van der Waals surface area contributed by atoms with E-state index in [4.69, 9.17) is 13.9 Å². The Balaban J connectivity index is 1.60. The normalized spacial score (nSPS) is 15.2. The quantitative estimate of drug-likeness (QED) is 0.297. The molecule has 0 bridgehead atoms. The molecule has 0 amide bonds. The number of aromatic nitrogens is 1. The molecule has 186 valence electrons. The highest BCUT2D eigenvalue weighted by Crippen LogP contribution is 2.31. The van der Waals surface area contributed by atoms with Crippen LogP contribution < -0.4 is 19.6 Å². The Morgan fingerprint density at radius 2 is 1.84 bits per heavy atom. The van der Waals surface area contributed by atoms with Crippen LogP contribution in [0.4, 0.5) is 4.39 Å². The molecule has 0 N–H and O–H groups in total. The van der Waals surface area contributed by atoms with Gasteiger partial charge in [-0.15, -0.1) is 0 Å². The van der Waals surface area contributed by atoms with E-state index in [0.717, 1.165) is 11.3 Å². The van der Waals surface area contributed by atoms with Crippen molar-refractivity contribution in [1.82, 2.24) is 4.57 Å². The maximum absolute atomic E-state index is 14.3. The zero-order chi connectivity index (χ0) is 26.1. The van der Waals surface area contributed by atoms with Gasteiger partial charge in [0.2, 0.25) is 5.76 Å². The van der Waals surface area contributed by atoms with Crippen molar-refractivity contribution in [3.05, 3.63) is 121 Å². The van der Waals surface area contributed by atoms with Gasteiger partial charge in [-0.05, 0) is 48.9 Å². The van der Waals surface area contributed by atoms with Gasteiger partial charge in [0.25, 0.3) is 5.56 Å². The van der Waals surface area contributed by atoms with Gasteiger partial charge < -0.3 is 13.9 Å². The number of methoxy groups -OCH3 is 1. The van der Waals surface area contributed by atoms with E-state index < -0.39 is 29.4 Å². The third kappa shape index (κ3) is 4.54. The zero-order valence-electron chi connectivity index (χ0n) is 19.6. The van der Waals surface area contributed by atoms with Crippen molar-refractivity contribution >= 4 is 29.4 Å². The van der Waals surface area contributed by atoms with Gasteiger partial charge >= 0.3 is 11.9 Å². The summed E-state index contributed by atoms with van der Waals surface area (Å²) in [7, 11) is 1.25. The van der Waals surface area contributed by atoms with Gasteiger partial charge in [0.05, 0.1) is 35.2 Å². The second kappa shape index (κ2) is 9.82. The molecule has 3 heterocycles. The Labute approximate surface area is 213 Å². The average molecular weight is 519 g/mol. The lowest BCUT2D eigenvalue weighted by Crippen LogP contribution is -2.39. The molecule has 8 nitrogen and oxygen atoms in total. The van der Waals surface area contributed by atoms with E-state index in [1.165, 1.54) is 36.1 Å². The van der Waals surface area contributed by atoms with Crippen LogP contribution in [0.3, 0.4) is 0 Å². The van der Waals surface area contributed by atoms with E-state index in [-0.39, 0.29) is 27.2 Å². The van der Waals surface area contributed by atoms with Gasteiger partial charge in [-0.25, -0.2) is 19.0 Å². The van der Waals surface area contributed by atoms with Crippen molar-refractivity contribution in [3.8, 4) is 5.75 Å². The van der Waals surface area contributed by atoms with E-state index in [9.17, 15) is 18.8 Å². The van der Waals surface area contributed by atoms with Gasteiger partial charge in [-0.1, -0.05) is 41.7 Å². The van der Waals surface area contributed by atoms with Crippen LogP contribution in [0.15, 0.2) is 92.4 Å². The van der Waals surface area contributed by atoms with Crippen molar-refractivity contribution in [1.29, 1.82) is 0 Å². The Morgan fingerprint density at radius 1 is 1.08 bits per heavy atom. The van der Waals surface area contributed by atoms with E-state index in [0.29, 0.717) is 16.1 Å². The minimum absolute atomic E-state index is 0.0533. The van der Waals surface area contributed by atoms with Crippen LogP contribution in [-0.4, -0.2) is 23.6 Å². The number of esters is 2. The largest absolute Gasteiger partial charge is 0.466 e. The Bertz CT molecular complexity index is 1720. The molecule has 37 heavy (non-hydrogen) atoms. The van der Waals surface area contributed by atoms with Crippen molar-refractivity contribution in [2.24, 2.45) is 4.99 Å². The number of thiazole rings is 1. The minimum atomic E-state index is -0.860. The smallest absolute Gasteiger partial charge is 0.379 e. The number of hydrogen-bond acceptors (Lipinski definition) is 8. The minimum Gasteiger partial charge on any atom is -0.466 e. The SMILES string of the molecule is COC(=O)C1=C(C)N=c2s/c(=C/c3ccccc3F)c(=O)n2C1c1ccc(OC(=O)c2ccco2)cc1. The number of fused-ring (bicyclic) bond motifs is 1. The maximum atomic E-state index is 14.3. The molecule has 2 aromatic carbocycles. The van der Waals surface area contributed by atoms with Gasteiger partial charge in [-0.3, -0.25) is 9.36 Å². The lowest BCUT2D eigenvalue weighted by molar-refractivity contribution is -0.136. The number of carbonyl (C=O) groups is 2. The summed E-state index contributed by atoms with van der Waals surface area (Å²) in [5.41, 5.74) is 0.970. The molecule has 0 saturated carbocycles. The van der Waals surface area contributed by atoms with E-state index in [1.54, 1.807) is 55.5 Å². The average Bonchev–Trinajstić information content (AvgIpc) is 3.54. The van der Waals surface area contributed by atoms with Crippen LogP contribution in [0.25, 0.3) is 6.08 Å². The summed E-state index contributed by atoms with van der Waals surface area (Å²) in [5, 5.41) is 0. The number of benzene rings is 2. The first-order valence-corrected chi connectivity index (χ1v) is 11.9. The van der Waals surface area contributed by atoms with Crippen LogP contribution in [0, 0.1) is 5.82 Å². The molecule has 2 aromatic heterocycles. The Hall–Kier alpha value is -4.57. The van der Waals surface area contributed by atoms with Gasteiger partial charge in [0, 0.05) is 5.56 Å². The predicted octanol–water partition coefficient (Wildman–Crippen LogP) is 3.36. The fourth-order valence-electron chi connectivity index (χ4n) is 4.01. The monoisotopic (exact) mass is 518 g/mol. The number of furan rings is 1. The molecular weight excluding hydrogens is 499 g/mol. The Kier molecular flexibility index (Phi) is 6.41. The third-order valence-corrected chi connectivity index (χ3v) is 6.73. The zero-order valence-corrected chi connectivity index (χ0v) is 20.5. The molecule has 1 atom stereocenters. The van der Waals surface area contributed by atoms with Gasteiger partial charge in [0.1, 0.15) is 11.6 Å². The fraction of sp³-hybridized carbons (Fsp3) is 0.111. The molecule has 10 heteroatoms. The highest BCUT2D eigenvalue weighted by molar-refractivity contribution is 7.07. The summed E-state index contributed by atoms with van der Waals surface area (Å²) >= 11 is 1.09. The summed E-state index contributed by atoms with van der Waals surface area (Å²) in [6, 6.07) is 14.7. The number of rotatable bonds is 5. The number of ether oxygens (including phenoxy) is 2. The summed E-state index contributed by atoms with van der Waals surface area (Å²) in [6.07, 6.45) is 2.83. The molecule has 5 rings (SSSR count). The molecule has 0 saturated heterocycles. The molecule has 1 aliphatic rings. The highest BCUT2D eigenvalue weighted by Gasteiger charge is 2.33. The molecular formula is C27H19FN2O6S. The number of carbonyl (C=O) groups excluding carboxylic acids is 2. The number of halogens is 1. The lowest BCUT2D eigenvalue weighted by atomic mass is 9.96. The van der Waals surface area contributed by atoms with Gasteiger partial charge in [0.15, 0.2) is 4.80 Å². The lowest BCUT2D eigenvalue weighted by Gasteiger charge is -2.24. The van der Waals surface area contributed by atoms with E-state index in [1.807, 2.05) is 0 Å². The number of allylic oxidation sites excluding steroid dienone is 1. The molecule has 0 spiro atoms. The van der Waals surface area contributed by atoms with Gasteiger partial charge in [-0.2, -0.15) is 0 Å². The molecule has 0 aliphatic carbocycles. The summed E-state index contributed by atoms with van der Waals surface area (Å²) in [6.45, 7) is 1.66. The molecule has 0 radical (unpaired) electrons. The van der Waals surface area contributed by atoms with Crippen LogP contribution >= 0.6 is 11.3 Å². The first-order chi connectivity index (χ1) is 17.9. The summed E-state index contributed by atoms with van der Waals surface area (Å²) in [5.74, 6) is -1.46. The van der Waals surface area contributed by atoms with Crippen LogP contribution in [0.1, 0.15) is 34.6 Å². The van der Waals surface area contributed by atoms with Crippen LogP contribution in [0.2, 0.25) is 0 Å². The van der Waals surface area contributed by atoms with E-state index >= 15 is 0 Å². The molecule has 1 aliphatic heterocycles. The molecule has 4 aromatic rings. The molecule has 0 fully saturated rings. The standard InChI is InChI=1S/C27H19FN2O6S/c1-15-22(26(33)34-2)23(16-9-11-18(12-10-16)36-25(32)20-8-5-13-35-20)30-24(31)21(37-27(30)29-15)14-17-6-3-4-7-19(17)28/h3-14,23H,1-2H3/b21-14+. The van der Waals surface area contributed by atoms with Crippen LogP contribution in [0.5, 0.6) is 5.75 Å². The number of hydrogen-bond donors (Lipinski definition) is 0. The maximum Gasteiger partial charge on any atom is 0.379 e. The van der Waals surface area contributed by atoms with Crippen molar-refractivity contribution in [3.63, 3.8) is 0 Å². The second-order valence-corrected chi connectivity index (χ2v) is 9.04. The predicted molar refractivity (Wildman–Crippen MR) is 132 cm³/mol. The highest BCUT2D eigenvalue weighted by atomic mass is 32.1. The van der Waals surface area contributed by atoms with Crippen LogP contribution in [-0.2, 0) is 9.53 Å².